The topological polar surface area (TPSA) is 36.0 Å². The average Bonchev–Trinajstić information content (AvgIpc) is 2.86. The molecule has 1 atom stereocenters. The zero-order valence-corrected chi connectivity index (χ0v) is 11.4. The molecule has 0 saturated heterocycles. The molecule has 0 fully saturated rings. The number of H-pyrrole nitrogens is 1. The van der Waals surface area contributed by atoms with E-state index in [9.17, 15) is 18.3 Å². The first-order valence-corrected chi connectivity index (χ1v) is 6.65. The molecule has 1 aliphatic rings. The SMILES string of the molecule is Cc1[nH]c2cc3c(cc2c1C(C)(O)C(F)(F)F)CCC3. The zero-order valence-electron chi connectivity index (χ0n) is 11.4. The Morgan fingerprint density at radius 1 is 1.15 bits per heavy atom. The van der Waals surface area contributed by atoms with E-state index in [0.717, 1.165) is 31.7 Å². The Balaban J connectivity index is 2.28. The molecule has 2 nitrogen and oxygen atoms in total. The van der Waals surface area contributed by atoms with Crippen LogP contribution < -0.4 is 0 Å². The maximum Gasteiger partial charge on any atom is 0.421 e. The first-order valence-electron chi connectivity index (χ1n) is 6.65. The summed E-state index contributed by atoms with van der Waals surface area (Å²) >= 11 is 0. The van der Waals surface area contributed by atoms with E-state index in [4.69, 9.17) is 0 Å². The summed E-state index contributed by atoms with van der Waals surface area (Å²) in [5.41, 5.74) is 0.415. The number of hydrogen-bond acceptors (Lipinski definition) is 1. The number of aromatic amines is 1. The second-order valence-corrected chi connectivity index (χ2v) is 5.72. The fourth-order valence-corrected chi connectivity index (χ4v) is 3.17. The van der Waals surface area contributed by atoms with Gasteiger partial charge in [0.25, 0.3) is 0 Å². The number of aryl methyl sites for hydroxylation is 3. The highest BCUT2D eigenvalue weighted by molar-refractivity contribution is 5.87. The van der Waals surface area contributed by atoms with Gasteiger partial charge in [-0.1, -0.05) is 0 Å². The molecule has 1 unspecified atom stereocenters. The minimum absolute atomic E-state index is 0.0605. The fourth-order valence-electron chi connectivity index (χ4n) is 3.17. The molecule has 0 saturated carbocycles. The molecule has 1 aromatic carbocycles. The Labute approximate surface area is 114 Å². The molecule has 0 amide bonds. The van der Waals surface area contributed by atoms with Gasteiger partial charge in [0.2, 0.25) is 0 Å². The van der Waals surface area contributed by atoms with Gasteiger partial charge in [-0.25, -0.2) is 0 Å². The van der Waals surface area contributed by atoms with Crippen LogP contribution in [0.15, 0.2) is 12.1 Å². The summed E-state index contributed by atoms with van der Waals surface area (Å²) in [5, 5.41) is 10.5. The first-order chi connectivity index (χ1) is 9.22. The normalized spacial score (nSPS) is 18.3. The molecule has 108 valence electrons. The van der Waals surface area contributed by atoms with Crippen molar-refractivity contribution >= 4 is 10.9 Å². The number of rotatable bonds is 1. The number of benzene rings is 1. The summed E-state index contributed by atoms with van der Waals surface area (Å²) in [6.45, 7) is 2.39. The smallest absolute Gasteiger partial charge is 0.376 e. The van der Waals surface area contributed by atoms with Crippen molar-refractivity contribution < 1.29 is 18.3 Å². The molecular weight excluding hydrogens is 267 g/mol. The van der Waals surface area contributed by atoms with Crippen LogP contribution in [0.1, 0.15) is 35.7 Å². The minimum atomic E-state index is -4.70. The van der Waals surface area contributed by atoms with Gasteiger partial charge in [-0.15, -0.1) is 0 Å². The second kappa shape index (κ2) is 4.01. The summed E-state index contributed by atoms with van der Waals surface area (Å²) in [4.78, 5) is 2.97. The van der Waals surface area contributed by atoms with Gasteiger partial charge in [-0.3, -0.25) is 0 Å². The van der Waals surface area contributed by atoms with Gasteiger partial charge in [-0.05, 0) is 56.4 Å². The summed E-state index contributed by atoms with van der Waals surface area (Å²) in [6, 6.07) is 3.72. The van der Waals surface area contributed by atoms with E-state index in [0.29, 0.717) is 16.6 Å². The predicted octanol–water partition coefficient (Wildman–Crippen LogP) is 3.73. The number of nitrogens with one attached hydrogen (secondary N) is 1. The third kappa shape index (κ3) is 1.76. The van der Waals surface area contributed by atoms with E-state index in [1.807, 2.05) is 6.07 Å². The molecule has 1 aliphatic carbocycles. The van der Waals surface area contributed by atoms with Crippen LogP contribution in [0.2, 0.25) is 0 Å². The van der Waals surface area contributed by atoms with Gasteiger partial charge in [-0.2, -0.15) is 13.2 Å². The molecule has 2 aromatic rings. The van der Waals surface area contributed by atoms with E-state index in [-0.39, 0.29) is 5.56 Å². The highest BCUT2D eigenvalue weighted by Gasteiger charge is 2.53. The Hall–Kier alpha value is -1.49. The van der Waals surface area contributed by atoms with Crippen molar-refractivity contribution in [1.82, 2.24) is 4.98 Å². The van der Waals surface area contributed by atoms with E-state index in [1.54, 1.807) is 13.0 Å². The Morgan fingerprint density at radius 3 is 2.35 bits per heavy atom. The largest absolute Gasteiger partial charge is 0.421 e. The Kier molecular flexibility index (Phi) is 2.70. The Bertz CT molecular complexity index is 682. The van der Waals surface area contributed by atoms with E-state index < -0.39 is 11.8 Å². The number of hydrogen-bond donors (Lipinski definition) is 2. The highest BCUT2D eigenvalue weighted by atomic mass is 19.4. The quantitative estimate of drug-likeness (QED) is 0.822. The van der Waals surface area contributed by atoms with Crippen molar-refractivity contribution in [1.29, 1.82) is 0 Å². The summed E-state index contributed by atoms with van der Waals surface area (Å²) in [7, 11) is 0. The standard InChI is InChI=1S/C15H16F3NO/c1-8-13(14(2,20)15(16,17)18)11-6-9-4-3-5-10(9)7-12(11)19-8/h6-7,19-20H,3-5H2,1-2H3. The fraction of sp³-hybridized carbons (Fsp3) is 0.467. The monoisotopic (exact) mass is 283 g/mol. The molecule has 1 aromatic heterocycles. The molecule has 2 N–H and O–H groups in total. The number of fused-ring (bicyclic) bond motifs is 2. The molecule has 0 bridgehead atoms. The van der Waals surface area contributed by atoms with Gasteiger partial charge >= 0.3 is 6.18 Å². The third-order valence-corrected chi connectivity index (χ3v) is 4.24. The van der Waals surface area contributed by atoms with Crippen molar-refractivity contribution in [3.05, 3.63) is 34.5 Å². The lowest BCUT2D eigenvalue weighted by atomic mass is 9.91. The number of aromatic nitrogens is 1. The van der Waals surface area contributed by atoms with Crippen LogP contribution in [0.3, 0.4) is 0 Å². The van der Waals surface area contributed by atoms with Crippen LogP contribution in [0, 0.1) is 6.92 Å². The first kappa shape index (κ1) is 13.5. The van der Waals surface area contributed by atoms with Crippen LogP contribution in [0.25, 0.3) is 10.9 Å². The molecule has 0 aliphatic heterocycles. The zero-order chi connectivity index (χ0) is 14.7. The van der Waals surface area contributed by atoms with Crippen molar-refractivity contribution in [2.75, 3.05) is 0 Å². The van der Waals surface area contributed by atoms with Crippen LogP contribution >= 0.6 is 0 Å². The number of halogens is 3. The van der Waals surface area contributed by atoms with Crippen LogP contribution in [-0.2, 0) is 18.4 Å². The molecule has 1 heterocycles. The lowest BCUT2D eigenvalue weighted by Gasteiger charge is -2.27. The summed E-state index contributed by atoms with van der Waals surface area (Å²) in [6.07, 6.45) is -1.81. The highest BCUT2D eigenvalue weighted by Crippen LogP contribution is 2.44. The predicted molar refractivity (Wildman–Crippen MR) is 70.7 cm³/mol. The van der Waals surface area contributed by atoms with Gasteiger partial charge in [0.15, 0.2) is 5.60 Å². The Morgan fingerprint density at radius 2 is 1.75 bits per heavy atom. The molecule has 3 rings (SSSR count). The van der Waals surface area contributed by atoms with Crippen molar-refractivity contribution in [3.63, 3.8) is 0 Å². The van der Waals surface area contributed by atoms with E-state index in [2.05, 4.69) is 4.98 Å². The van der Waals surface area contributed by atoms with Gasteiger partial charge < -0.3 is 10.1 Å². The van der Waals surface area contributed by atoms with E-state index >= 15 is 0 Å². The van der Waals surface area contributed by atoms with Crippen molar-refractivity contribution in [2.24, 2.45) is 0 Å². The minimum Gasteiger partial charge on any atom is -0.376 e. The van der Waals surface area contributed by atoms with Gasteiger partial charge in [0, 0.05) is 22.2 Å². The van der Waals surface area contributed by atoms with Crippen LogP contribution in [0.5, 0.6) is 0 Å². The summed E-state index contributed by atoms with van der Waals surface area (Å²) in [5.74, 6) is 0. The van der Waals surface area contributed by atoms with Gasteiger partial charge in [0.05, 0.1) is 0 Å². The second-order valence-electron chi connectivity index (χ2n) is 5.72. The molecule has 20 heavy (non-hydrogen) atoms. The lowest BCUT2D eigenvalue weighted by molar-refractivity contribution is -0.258. The number of aliphatic hydroxyl groups is 1. The molecular formula is C15H16F3NO. The summed E-state index contributed by atoms with van der Waals surface area (Å²) < 4.78 is 39.3. The van der Waals surface area contributed by atoms with E-state index in [1.165, 1.54) is 5.56 Å². The average molecular weight is 283 g/mol. The van der Waals surface area contributed by atoms with Gasteiger partial charge in [0.1, 0.15) is 0 Å². The lowest BCUT2D eigenvalue weighted by Crippen LogP contribution is -2.39. The molecule has 0 radical (unpaired) electrons. The van der Waals surface area contributed by atoms with Crippen LogP contribution in [0.4, 0.5) is 13.2 Å². The van der Waals surface area contributed by atoms with Crippen molar-refractivity contribution in [2.45, 2.75) is 44.9 Å². The van der Waals surface area contributed by atoms with Crippen LogP contribution in [-0.4, -0.2) is 16.3 Å². The molecule has 5 heteroatoms. The van der Waals surface area contributed by atoms with Crippen molar-refractivity contribution in [3.8, 4) is 0 Å². The third-order valence-electron chi connectivity index (χ3n) is 4.24. The number of alkyl halides is 3. The maximum absolute atomic E-state index is 13.1. The molecule has 0 spiro atoms. The maximum atomic E-state index is 13.1.